The number of rotatable bonds is 5. The number of likely N-dealkylation sites (N-methyl/N-ethyl adjacent to an activating group) is 1. The van der Waals surface area contributed by atoms with Crippen molar-refractivity contribution in [2.45, 2.75) is 34.2 Å². The molecule has 2 aromatic rings. The number of hydrogen-bond donors (Lipinski definition) is 1. The first kappa shape index (κ1) is 16.2. The molecule has 22 heavy (non-hydrogen) atoms. The summed E-state index contributed by atoms with van der Waals surface area (Å²) in [6.07, 6.45) is 0. The van der Waals surface area contributed by atoms with Crippen molar-refractivity contribution < 1.29 is 9.32 Å². The van der Waals surface area contributed by atoms with Gasteiger partial charge in [-0.3, -0.25) is 9.69 Å². The average molecular weight is 301 g/mol. The Morgan fingerprint density at radius 2 is 2.00 bits per heavy atom. The Morgan fingerprint density at radius 1 is 1.27 bits per heavy atom. The molecule has 5 nitrogen and oxygen atoms in total. The molecule has 0 aliphatic carbocycles. The fraction of sp³-hybridized carbons (Fsp3) is 0.412. The molecule has 0 radical (unpaired) electrons. The number of nitrogens with zero attached hydrogens (tertiary/aromatic N) is 2. The smallest absolute Gasteiger partial charge is 0.238 e. The molecule has 0 saturated carbocycles. The largest absolute Gasteiger partial charge is 0.361 e. The molecule has 0 saturated heterocycles. The normalized spacial score (nSPS) is 11.0. The Labute approximate surface area is 131 Å². The molecule has 1 aromatic carbocycles. The maximum absolute atomic E-state index is 12.2. The molecule has 0 atom stereocenters. The van der Waals surface area contributed by atoms with Crippen LogP contribution in [0.15, 0.2) is 22.7 Å². The molecule has 1 amide bonds. The van der Waals surface area contributed by atoms with Gasteiger partial charge in [0.05, 0.1) is 12.2 Å². The highest BCUT2D eigenvalue weighted by molar-refractivity contribution is 5.93. The maximum atomic E-state index is 12.2. The van der Waals surface area contributed by atoms with Gasteiger partial charge in [0.2, 0.25) is 5.91 Å². The summed E-state index contributed by atoms with van der Waals surface area (Å²) in [5.41, 5.74) is 4.98. The highest BCUT2D eigenvalue weighted by Gasteiger charge is 2.14. The molecule has 1 aromatic heterocycles. The van der Waals surface area contributed by atoms with Crippen LogP contribution in [-0.2, 0) is 11.3 Å². The molecule has 0 spiro atoms. The van der Waals surface area contributed by atoms with Crippen LogP contribution in [0, 0.1) is 27.7 Å². The van der Waals surface area contributed by atoms with Crippen molar-refractivity contribution in [1.29, 1.82) is 0 Å². The second kappa shape index (κ2) is 6.75. The Balaban J connectivity index is 1.95. The van der Waals surface area contributed by atoms with Crippen molar-refractivity contribution in [1.82, 2.24) is 10.1 Å². The zero-order valence-corrected chi connectivity index (χ0v) is 13.9. The number of nitrogens with one attached hydrogen (secondary N) is 1. The molecular formula is C17H23N3O2. The summed E-state index contributed by atoms with van der Waals surface area (Å²) < 4.78 is 5.15. The van der Waals surface area contributed by atoms with Crippen molar-refractivity contribution >= 4 is 11.6 Å². The summed E-state index contributed by atoms with van der Waals surface area (Å²) in [4.78, 5) is 14.1. The lowest BCUT2D eigenvalue weighted by Crippen LogP contribution is -2.30. The van der Waals surface area contributed by atoms with Crippen LogP contribution in [0.4, 0.5) is 5.69 Å². The van der Waals surface area contributed by atoms with E-state index < -0.39 is 0 Å². The number of carbonyl (C=O) groups excluding carboxylic acids is 1. The van der Waals surface area contributed by atoms with E-state index in [2.05, 4.69) is 10.5 Å². The SMILES string of the molecule is Cc1ccc(C)c(NC(=O)CN(C)Cc2c(C)noc2C)c1. The molecule has 0 fully saturated rings. The molecule has 0 unspecified atom stereocenters. The van der Waals surface area contributed by atoms with Gasteiger partial charge >= 0.3 is 0 Å². The number of carbonyl (C=O) groups is 1. The van der Waals surface area contributed by atoms with Gasteiger partial charge in [-0.05, 0) is 51.9 Å². The zero-order chi connectivity index (χ0) is 16.3. The van der Waals surface area contributed by atoms with Crippen LogP contribution < -0.4 is 5.32 Å². The number of aromatic nitrogens is 1. The van der Waals surface area contributed by atoms with Crippen LogP contribution in [0.25, 0.3) is 0 Å². The highest BCUT2D eigenvalue weighted by atomic mass is 16.5. The average Bonchev–Trinajstić information content (AvgIpc) is 2.74. The molecule has 1 N–H and O–H groups in total. The number of aryl methyl sites for hydroxylation is 4. The minimum atomic E-state index is -0.0250. The summed E-state index contributed by atoms with van der Waals surface area (Å²) >= 11 is 0. The van der Waals surface area contributed by atoms with E-state index in [1.54, 1.807) is 0 Å². The molecule has 2 rings (SSSR count). The van der Waals surface area contributed by atoms with E-state index in [4.69, 9.17) is 4.52 Å². The van der Waals surface area contributed by atoms with E-state index in [1.807, 2.05) is 57.8 Å². The van der Waals surface area contributed by atoms with Crippen LogP contribution in [0.1, 0.15) is 28.1 Å². The Kier molecular flexibility index (Phi) is 4.98. The van der Waals surface area contributed by atoms with Gasteiger partial charge in [-0.1, -0.05) is 17.3 Å². The zero-order valence-electron chi connectivity index (χ0n) is 13.9. The highest BCUT2D eigenvalue weighted by Crippen LogP contribution is 2.17. The Bertz CT molecular complexity index is 657. The maximum Gasteiger partial charge on any atom is 0.238 e. The van der Waals surface area contributed by atoms with Gasteiger partial charge in [-0.2, -0.15) is 0 Å². The number of benzene rings is 1. The first-order valence-electron chi connectivity index (χ1n) is 7.34. The topological polar surface area (TPSA) is 58.4 Å². The second-order valence-electron chi connectivity index (χ2n) is 5.84. The monoisotopic (exact) mass is 301 g/mol. The van der Waals surface area contributed by atoms with Gasteiger partial charge in [-0.15, -0.1) is 0 Å². The minimum absolute atomic E-state index is 0.0250. The Hall–Kier alpha value is -2.14. The predicted octanol–water partition coefficient (Wildman–Crippen LogP) is 2.98. The van der Waals surface area contributed by atoms with Gasteiger partial charge < -0.3 is 9.84 Å². The van der Waals surface area contributed by atoms with Crippen molar-refractivity contribution in [3.05, 3.63) is 46.3 Å². The van der Waals surface area contributed by atoms with Gasteiger partial charge in [0, 0.05) is 17.8 Å². The van der Waals surface area contributed by atoms with Crippen LogP contribution in [0.2, 0.25) is 0 Å². The van der Waals surface area contributed by atoms with Gasteiger partial charge in [0.15, 0.2) is 0 Å². The summed E-state index contributed by atoms with van der Waals surface area (Å²) in [6.45, 7) is 8.76. The van der Waals surface area contributed by atoms with Crippen LogP contribution >= 0.6 is 0 Å². The van der Waals surface area contributed by atoms with Crippen molar-refractivity contribution in [3.63, 3.8) is 0 Å². The fourth-order valence-corrected chi connectivity index (χ4v) is 2.36. The lowest BCUT2D eigenvalue weighted by atomic mass is 10.1. The standard InChI is InChI=1S/C17H23N3O2/c1-11-6-7-12(2)16(8-11)18-17(21)10-20(5)9-15-13(3)19-22-14(15)4/h6-8H,9-10H2,1-5H3,(H,18,21). The Morgan fingerprint density at radius 3 is 2.64 bits per heavy atom. The quantitative estimate of drug-likeness (QED) is 0.922. The predicted molar refractivity (Wildman–Crippen MR) is 86.9 cm³/mol. The van der Waals surface area contributed by atoms with Crippen LogP contribution in [0.5, 0.6) is 0 Å². The minimum Gasteiger partial charge on any atom is -0.361 e. The molecule has 0 bridgehead atoms. The van der Waals surface area contributed by atoms with E-state index in [1.165, 1.54) is 0 Å². The molecular weight excluding hydrogens is 278 g/mol. The van der Waals surface area contributed by atoms with Crippen molar-refractivity contribution in [3.8, 4) is 0 Å². The third-order valence-corrected chi connectivity index (χ3v) is 3.69. The van der Waals surface area contributed by atoms with E-state index in [0.29, 0.717) is 13.1 Å². The summed E-state index contributed by atoms with van der Waals surface area (Å²) in [7, 11) is 1.91. The third-order valence-electron chi connectivity index (χ3n) is 3.69. The first-order chi connectivity index (χ1) is 10.4. The van der Waals surface area contributed by atoms with Gasteiger partial charge in [-0.25, -0.2) is 0 Å². The molecule has 5 heteroatoms. The summed E-state index contributed by atoms with van der Waals surface area (Å²) in [6, 6.07) is 6.04. The summed E-state index contributed by atoms with van der Waals surface area (Å²) in [5, 5.41) is 6.91. The molecule has 118 valence electrons. The van der Waals surface area contributed by atoms with E-state index >= 15 is 0 Å². The third kappa shape index (κ3) is 3.95. The van der Waals surface area contributed by atoms with Gasteiger partial charge in [0.1, 0.15) is 5.76 Å². The van der Waals surface area contributed by atoms with Crippen molar-refractivity contribution in [2.24, 2.45) is 0 Å². The van der Waals surface area contributed by atoms with E-state index in [9.17, 15) is 4.79 Å². The number of hydrogen-bond acceptors (Lipinski definition) is 4. The van der Waals surface area contributed by atoms with E-state index in [0.717, 1.165) is 33.8 Å². The van der Waals surface area contributed by atoms with Crippen LogP contribution in [0.3, 0.4) is 0 Å². The lowest BCUT2D eigenvalue weighted by molar-refractivity contribution is -0.117. The number of amides is 1. The second-order valence-corrected chi connectivity index (χ2v) is 5.84. The van der Waals surface area contributed by atoms with Gasteiger partial charge in [0.25, 0.3) is 0 Å². The molecule has 0 aliphatic heterocycles. The fourth-order valence-electron chi connectivity index (χ4n) is 2.36. The van der Waals surface area contributed by atoms with Crippen molar-refractivity contribution in [2.75, 3.05) is 18.9 Å². The lowest BCUT2D eigenvalue weighted by Gasteiger charge is -2.17. The summed E-state index contributed by atoms with van der Waals surface area (Å²) in [5.74, 6) is 0.780. The van der Waals surface area contributed by atoms with Crippen LogP contribution in [-0.4, -0.2) is 29.6 Å². The first-order valence-corrected chi connectivity index (χ1v) is 7.34. The van der Waals surface area contributed by atoms with E-state index in [-0.39, 0.29) is 5.91 Å². The molecule has 0 aliphatic rings. The molecule has 1 heterocycles. The number of anilines is 1.